The summed E-state index contributed by atoms with van der Waals surface area (Å²) in [6.45, 7) is 0. The molecule has 21 heavy (non-hydrogen) atoms. The molecule has 0 amide bonds. The van der Waals surface area contributed by atoms with Gasteiger partial charge in [-0.1, -0.05) is 58.5 Å². The third kappa shape index (κ3) is 2.89. The quantitative estimate of drug-likeness (QED) is 0.722. The van der Waals surface area contributed by atoms with Crippen LogP contribution in [0.15, 0.2) is 65.4 Å². The molecule has 0 unspecified atom stereocenters. The molecule has 2 aromatic carbocycles. The van der Waals surface area contributed by atoms with E-state index < -0.39 is 0 Å². The minimum absolute atomic E-state index is 0.356. The van der Waals surface area contributed by atoms with E-state index in [1.165, 1.54) is 0 Å². The molecule has 3 rings (SSSR count). The third-order valence-electron chi connectivity index (χ3n) is 3.16. The molecule has 0 radical (unpaired) electrons. The predicted molar refractivity (Wildman–Crippen MR) is 92.6 cm³/mol. The minimum Gasteiger partial charge on any atom is -0.389 e. The maximum atomic E-state index is 5.79. The first-order valence-corrected chi connectivity index (χ1v) is 7.55. The van der Waals surface area contributed by atoms with Gasteiger partial charge >= 0.3 is 0 Å². The van der Waals surface area contributed by atoms with E-state index in [4.69, 9.17) is 18.0 Å². The average Bonchev–Trinajstić information content (AvgIpc) is 2.97. The lowest BCUT2D eigenvalue weighted by atomic mass is 10.1. The van der Waals surface area contributed by atoms with Gasteiger partial charge in [0.25, 0.3) is 0 Å². The van der Waals surface area contributed by atoms with E-state index in [-0.39, 0.29) is 0 Å². The largest absolute Gasteiger partial charge is 0.389 e. The Balaban J connectivity index is 2.08. The van der Waals surface area contributed by atoms with Crippen LogP contribution in [0.1, 0.15) is 5.56 Å². The summed E-state index contributed by atoms with van der Waals surface area (Å²) in [5.41, 5.74) is 9.62. The van der Waals surface area contributed by atoms with Crippen LogP contribution in [0, 0.1) is 0 Å². The van der Waals surface area contributed by atoms with Crippen molar-refractivity contribution in [2.45, 2.75) is 0 Å². The molecular weight excluding hydrogens is 346 g/mol. The Labute approximate surface area is 136 Å². The second-order valence-electron chi connectivity index (χ2n) is 4.57. The van der Waals surface area contributed by atoms with Gasteiger partial charge in [-0.2, -0.15) is 5.10 Å². The molecule has 0 aliphatic rings. The lowest BCUT2D eigenvalue weighted by Gasteiger charge is -2.08. The van der Waals surface area contributed by atoms with Crippen molar-refractivity contribution in [3.05, 3.63) is 71.0 Å². The lowest BCUT2D eigenvalue weighted by molar-refractivity contribution is 0.878. The van der Waals surface area contributed by atoms with E-state index in [0.29, 0.717) is 4.99 Å². The maximum Gasteiger partial charge on any atom is 0.106 e. The standard InChI is InChI=1S/C16H12BrN3S/c17-13-6-7-14(16(18)21)15(8-13)20-10-12(9-19-20)11-4-2-1-3-5-11/h1-10H,(H2,18,21). The van der Waals surface area contributed by atoms with Gasteiger partial charge in [0.1, 0.15) is 4.99 Å². The van der Waals surface area contributed by atoms with Gasteiger partial charge in [0, 0.05) is 21.8 Å². The summed E-state index contributed by atoms with van der Waals surface area (Å²) in [6.07, 6.45) is 3.80. The fourth-order valence-corrected chi connectivity index (χ4v) is 2.66. The highest BCUT2D eigenvalue weighted by molar-refractivity contribution is 9.10. The first kappa shape index (κ1) is 14.0. The molecule has 3 nitrogen and oxygen atoms in total. The molecule has 0 saturated heterocycles. The van der Waals surface area contributed by atoms with Crippen LogP contribution in [0.25, 0.3) is 16.8 Å². The Morgan fingerprint density at radius 2 is 1.86 bits per heavy atom. The van der Waals surface area contributed by atoms with Crippen LogP contribution in [0.4, 0.5) is 0 Å². The first-order valence-electron chi connectivity index (χ1n) is 6.35. The van der Waals surface area contributed by atoms with Crippen molar-refractivity contribution in [1.29, 1.82) is 0 Å². The van der Waals surface area contributed by atoms with Gasteiger partial charge in [0.05, 0.1) is 11.9 Å². The Morgan fingerprint density at radius 1 is 1.10 bits per heavy atom. The fraction of sp³-hybridized carbons (Fsp3) is 0. The van der Waals surface area contributed by atoms with Crippen molar-refractivity contribution in [3.8, 4) is 16.8 Å². The summed E-state index contributed by atoms with van der Waals surface area (Å²) in [4.78, 5) is 0.356. The van der Waals surface area contributed by atoms with Gasteiger partial charge in [-0.3, -0.25) is 0 Å². The van der Waals surface area contributed by atoms with Crippen molar-refractivity contribution in [2.75, 3.05) is 0 Å². The van der Waals surface area contributed by atoms with E-state index in [1.54, 1.807) is 4.68 Å². The van der Waals surface area contributed by atoms with Gasteiger partial charge in [-0.15, -0.1) is 0 Å². The minimum atomic E-state index is 0.356. The highest BCUT2D eigenvalue weighted by Gasteiger charge is 2.10. The van der Waals surface area contributed by atoms with Crippen LogP contribution >= 0.6 is 28.1 Å². The highest BCUT2D eigenvalue weighted by atomic mass is 79.9. The number of nitrogens with two attached hydrogens (primary N) is 1. The average molecular weight is 358 g/mol. The molecule has 3 aromatic rings. The third-order valence-corrected chi connectivity index (χ3v) is 3.87. The van der Waals surface area contributed by atoms with E-state index in [9.17, 15) is 0 Å². The first-order chi connectivity index (χ1) is 10.1. The van der Waals surface area contributed by atoms with E-state index in [0.717, 1.165) is 26.9 Å². The molecule has 0 atom stereocenters. The molecule has 5 heteroatoms. The van der Waals surface area contributed by atoms with Gasteiger partial charge < -0.3 is 5.73 Å². The number of aromatic nitrogens is 2. The zero-order chi connectivity index (χ0) is 14.8. The van der Waals surface area contributed by atoms with E-state index in [1.807, 2.05) is 48.8 Å². The normalized spacial score (nSPS) is 10.5. The van der Waals surface area contributed by atoms with Crippen LogP contribution in [-0.4, -0.2) is 14.8 Å². The van der Waals surface area contributed by atoms with Crippen molar-refractivity contribution in [3.63, 3.8) is 0 Å². The molecule has 0 fully saturated rings. The summed E-state index contributed by atoms with van der Waals surface area (Å²) in [7, 11) is 0. The molecule has 1 aromatic heterocycles. The molecular formula is C16H12BrN3S. The number of rotatable bonds is 3. The summed E-state index contributed by atoms with van der Waals surface area (Å²) in [5.74, 6) is 0. The summed E-state index contributed by atoms with van der Waals surface area (Å²) >= 11 is 8.58. The van der Waals surface area contributed by atoms with Gasteiger partial charge in [0.15, 0.2) is 0 Å². The SMILES string of the molecule is NC(=S)c1ccc(Br)cc1-n1cc(-c2ccccc2)cn1. The Kier molecular flexibility index (Phi) is 3.86. The topological polar surface area (TPSA) is 43.8 Å². The van der Waals surface area contributed by atoms with Crippen LogP contribution < -0.4 is 5.73 Å². The Hall–Kier alpha value is -1.98. The fourth-order valence-electron chi connectivity index (χ4n) is 2.14. The Bertz CT molecular complexity index is 796. The van der Waals surface area contributed by atoms with Gasteiger partial charge in [-0.25, -0.2) is 4.68 Å². The Morgan fingerprint density at radius 3 is 2.57 bits per heavy atom. The van der Waals surface area contributed by atoms with Crippen LogP contribution in [0.2, 0.25) is 0 Å². The summed E-state index contributed by atoms with van der Waals surface area (Å²) in [5, 5.41) is 4.43. The molecule has 1 heterocycles. The molecule has 0 aliphatic carbocycles. The molecule has 0 aliphatic heterocycles. The van der Waals surface area contributed by atoms with Crippen molar-refractivity contribution < 1.29 is 0 Å². The number of halogens is 1. The predicted octanol–water partition coefficient (Wildman–Crippen LogP) is 3.94. The van der Waals surface area contributed by atoms with Crippen molar-refractivity contribution >= 4 is 33.1 Å². The number of thiocarbonyl (C=S) groups is 1. The second kappa shape index (κ2) is 5.79. The molecule has 0 spiro atoms. The maximum absolute atomic E-state index is 5.79. The summed E-state index contributed by atoms with van der Waals surface area (Å²) in [6, 6.07) is 15.9. The van der Waals surface area contributed by atoms with E-state index in [2.05, 4.69) is 33.2 Å². The monoisotopic (exact) mass is 357 g/mol. The number of benzene rings is 2. The molecule has 2 N–H and O–H groups in total. The number of hydrogen-bond donors (Lipinski definition) is 1. The molecule has 0 bridgehead atoms. The van der Waals surface area contributed by atoms with Gasteiger partial charge in [0.2, 0.25) is 0 Å². The zero-order valence-corrected chi connectivity index (χ0v) is 13.4. The van der Waals surface area contributed by atoms with Crippen LogP contribution in [0.3, 0.4) is 0 Å². The van der Waals surface area contributed by atoms with Crippen LogP contribution in [0.5, 0.6) is 0 Å². The zero-order valence-electron chi connectivity index (χ0n) is 11.0. The molecule has 0 saturated carbocycles. The van der Waals surface area contributed by atoms with E-state index >= 15 is 0 Å². The highest BCUT2D eigenvalue weighted by Crippen LogP contribution is 2.23. The van der Waals surface area contributed by atoms with Crippen molar-refractivity contribution in [1.82, 2.24) is 9.78 Å². The summed E-state index contributed by atoms with van der Waals surface area (Å²) < 4.78 is 2.75. The second-order valence-corrected chi connectivity index (χ2v) is 5.92. The van der Waals surface area contributed by atoms with Crippen molar-refractivity contribution in [2.24, 2.45) is 5.73 Å². The number of hydrogen-bond acceptors (Lipinski definition) is 2. The number of nitrogens with zero attached hydrogens (tertiary/aromatic N) is 2. The molecule has 104 valence electrons. The lowest BCUT2D eigenvalue weighted by Crippen LogP contribution is -2.13. The van der Waals surface area contributed by atoms with Gasteiger partial charge in [-0.05, 0) is 23.8 Å². The van der Waals surface area contributed by atoms with Crippen LogP contribution in [-0.2, 0) is 0 Å². The smallest absolute Gasteiger partial charge is 0.106 e.